The first-order chi connectivity index (χ1) is 9.97. The molecule has 0 aliphatic heterocycles. The van der Waals surface area contributed by atoms with Crippen LogP contribution in [-0.4, -0.2) is 33.6 Å². The molecule has 2 aromatic rings. The number of carbonyl (C=O) groups is 1. The van der Waals surface area contributed by atoms with E-state index in [-0.39, 0.29) is 12.6 Å². The molecule has 112 valence electrons. The molecule has 0 bridgehead atoms. The highest BCUT2D eigenvalue weighted by atomic mass is 16.5. The molecule has 0 fully saturated rings. The van der Waals surface area contributed by atoms with Crippen LogP contribution in [0.3, 0.4) is 0 Å². The zero-order valence-electron chi connectivity index (χ0n) is 11.9. The van der Waals surface area contributed by atoms with Crippen LogP contribution in [0, 0.1) is 0 Å². The van der Waals surface area contributed by atoms with Crippen LogP contribution in [0.25, 0.3) is 11.3 Å². The van der Waals surface area contributed by atoms with Crippen molar-refractivity contribution < 1.29 is 14.6 Å². The van der Waals surface area contributed by atoms with Gasteiger partial charge in [0.15, 0.2) is 0 Å². The second kappa shape index (κ2) is 6.17. The molecule has 0 aliphatic carbocycles. The Morgan fingerprint density at radius 2 is 2.29 bits per heavy atom. The molecule has 0 saturated carbocycles. The van der Waals surface area contributed by atoms with Gasteiger partial charge in [-0.25, -0.2) is 4.79 Å². The first-order valence-electron chi connectivity index (χ1n) is 6.47. The third-order valence-corrected chi connectivity index (χ3v) is 2.96. The summed E-state index contributed by atoms with van der Waals surface area (Å²) in [7, 11) is 1.83. The quantitative estimate of drug-likeness (QED) is 0.727. The molecule has 0 aliphatic rings. The number of nitrogen functional groups attached to an aromatic ring is 1. The molecule has 1 amide bonds. The Morgan fingerprint density at radius 3 is 2.90 bits per heavy atom. The van der Waals surface area contributed by atoms with Gasteiger partial charge in [0.25, 0.3) is 0 Å². The van der Waals surface area contributed by atoms with Crippen molar-refractivity contribution >= 4 is 11.8 Å². The zero-order valence-corrected chi connectivity index (χ0v) is 11.9. The Morgan fingerprint density at radius 1 is 1.52 bits per heavy atom. The average Bonchev–Trinajstić information content (AvgIpc) is 2.82. The molecular weight excluding hydrogens is 272 g/mol. The van der Waals surface area contributed by atoms with Crippen LogP contribution >= 0.6 is 0 Å². The van der Waals surface area contributed by atoms with E-state index < -0.39 is 6.09 Å². The van der Waals surface area contributed by atoms with Gasteiger partial charge in [-0.1, -0.05) is 0 Å². The third-order valence-electron chi connectivity index (χ3n) is 2.96. The lowest BCUT2D eigenvalue weighted by atomic mass is 10.1. The molecule has 0 spiro atoms. The van der Waals surface area contributed by atoms with E-state index in [0.717, 1.165) is 11.3 Å². The summed E-state index contributed by atoms with van der Waals surface area (Å²) in [5, 5.41) is 15.1. The first-order valence-corrected chi connectivity index (χ1v) is 6.47. The molecule has 1 aromatic carbocycles. The van der Waals surface area contributed by atoms with Crippen molar-refractivity contribution in [3.8, 4) is 17.0 Å². The number of carboxylic acid groups (broad SMARTS) is 1. The van der Waals surface area contributed by atoms with Gasteiger partial charge in [-0.15, -0.1) is 0 Å². The van der Waals surface area contributed by atoms with E-state index in [1.165, 1.54) is 0 Å². The van der Waals surface area contributed by atoms with E-state index in [1.54, 1.807) is 29.9 Å². The Balaban J connectivity index is 2.20. The molecule has 0 radical (unpaired) electrons. The highest BCUT2D eigenvalue weighted by molar-refractivity contribution is 5.71. The fourth-order valence-corrected chi connectivity index (χ4v) is 1.98. The summed E-state index contributed by atoms with van der Waals surface area (Å²) in [6.07, 6.45) is 0.618. The molecule has 1 atom stereocenters. The second-order valence-electron chi connectivity index (χ2n) is 4.76. The largest absolute Gasteiger partial charge is 0.491 e. The topological polar surface area (TPSA) is 102 Å². The predicted molar refractivity (Wildman–Crippen MR) is 79.2 cm³/mol. The second-order valence-corrected chi connectivity index (χ2v) is 4.76. The average molecular weight is 290 g/mol. The molecule has 4 N–H and O–H groups in total. The maximum Gasteiger partial charge on any atom is 0.404 e. The number of nitrogens with zero attached hydrogens (tertiary/aromatic N) is 2. The minimum atomic E-state index is -1.07. The number of aryl methyl sites for hydroxylation is 1. The summed E-state index contributed by atoms with van der Waals surface area (Å²) in [6.45, 7) is 1.95. The smallest absolute Gasteiger partial charge is 0.404 e. The molecular formula is C14H18N4O3. The summed E-state index contributed by atoms with van der Waals surface area (Å²) in [5.41, 5.74) is 8.14. The molecule has 1 heterocycles. The van der Waals surface area contributed by atoms with E-state index in [2.05, 4.69) is 10.4 Å². The van der Waals surface area contributed by atoms with Gasteiger partial charge >= 0.3 is 6.09 Å². The fraction of sp³-hybridized carbons (Fsp3) is 0.286. The summed E-state index contributed by atoms with van der Waals surface area (Å²) in [6, 6.07) is 6.86. The summed E-state index contributed by atoms with van der Waals surface area (Å²) >= 11 is 0. The van der Waals surface area contributed by atoms with Gasteiger partial charge in [0.05, 0.1) is 11.7 Å². The van der Waals surface area contributed by atoms with Gasteiger partial charge in [-0.05, 0) is 31.2 Å². The minimum Gasteiger partial charge on any atom is -0.491 e. The molecule has 21 heavy (non-hydrogen) atoms. The minimum absolute atomic E-state index is 0.223. The SMILES string of the molecule is CC(COc1ccc(N)cc1-c1ccnn1C)NC(=O)O. The van der Waals surface area contributed by atoms with Gasteiger partial charge in [-0.2, -0.15) is 5.10 Å². The Labute approximate surface area is 122 Å². The van der Waals surface area contributed by atoms with Crippen LogP contribution in [0.2, 0.25) is 0 Å². The van der Waals surface area contributed by atoms with Crippen molar-refractivity contribution in [2.24, 2.45) is 7.05 Å². The van der Waals surface area contributed by atoms with Gasteiger partial charge in [0.2, 0.25) is 0 Å². The number of rotatable bonds is 5. The number of amides is 1. The lowest BCUT2D eigenvalue weighted by molar-refractivity contribution is 0.183. The molecule has 0 saturated heterocycles. The van der Waals surface area contributed by atoms with Crippen LogP contribution < -0.4 is 15.8 Å². The maximum atomic E-state index is 10.6. The number of hydrogen-bond acceptors (Lipinski definition) is 4. The monoisotopic (exact) mass is 290 g/mol. The van der Waals surface area contributed by atoms with Gasteiger partial charge in [0.1, 0.15) is 12.4 Å². The van der Waals surface area contributed by atoms with Crippen LogP contribution in [0.4, 0.5) is 10.5 Å². The normalized spacial score (nSPS) is 11.9. The standard InChI is InChI=1S/C14H18N4O3/c1-9(17-14(19)20)8-21-13-4-3-10(15)7-11(13)12-5-6-16-18(12)2/h3-7,9,17H,8,15H2,1-2H3,(H,19,20). The van der Waals surface area contributed by atoms with Gasteiger partial charge < -0.3 is 20.9 Å². The number of nitrogens with two attached hydrogens (primary N) is 1. The van der Waals surface area contributed by atoms with Gasteiger partial charge in [-0.3, -0.25) is 4.68 Å². The maximum absolute atomic E-state index is 10.6. The highest BCUT2D eigenvalue weighted by Crippen LogP contribution is 2.31. The van der Waals surface area contributed by atoms with Crippen molar-refractivity contribution in [1.82, 2.24) is 15.1 Å². The zero-order chi connectivity index (χ0) is 15.4. The van der Waals surface area contributed by atoms with Crippen LogP contribution in [-0.2, 0) is 7.05 Å². The van der Waals surface area contributed by atoms with Crippen LogP contribution in [0.1, 0.15) is 6.92 Å². The third kappa shape index (κ3) is 3.65. The van der Waals surface area contributed by atoms with Crippen molar-refractivity contribution in [2.75, 3.05) is 12.3 Å². The van der Waals surface area contributed by atoms with E-state index in [1.807, 2.05) is 19.2 Å². The number of ether oxygens (including phenoxy) is 1. The van der Waals surface area contributed by atoms with E-state index >= 15 is 0 Å². The molecule has 1 aromatic heterocycles. The van der Waals surface area contributed by atoms with Crippen molar-refractivity contribution in [3.05, 3.63) is 30.5 Å². The number of nitrogens with one attached hydrogen (secondary N) is 1. The molecule has 1 unspecified atom stereocenters. The molecule has 7 heteroatoms. The Hall–Kier alpha value is -2.70. The Bertz CT molecular complexity index is 639. The van der Waals surface area contributed by atoms with Crippen molar-refractivity contribution in [2.45, 2.75) is 13.0 Å². The number of aromatic nitrogens is 2. The molecule has 7 nitrogen and oxygen atoms in total. The van der Waals surface area contributed by atoms with Crippen LogP contribution in [0.5, 0.6) is 5.75 Å². The summed E-state index contributed by atoms with van der Waals surface area (Å²) in [5.74, 6) is 0.631. The van der Waals surface area contributed by atoms with Gasteiger partial charge in [0, 0.05) is 24.5 Å². The first kappa shape index (κ1) is 14.7. The summed E-state index contributed by atoms with van der Waals surface area (Å²) < 4.78 is 7.43. The van der Waals surface area contributed by atoms with E-state index in [9.17, 15) is 4.79 Å². The number of anilines is 1. The molecule has 2 rings (SSSR count). The van der Waals surface area contributed by atoms with E-state index in [4.69, 9.17) is 15.6 Å². The Kier molecular flexibility index (Phi) is 4.32. The lowest BCUT2D eigenvalue weighted by Crippen LogP contribution is -2.35. The number of hydrogen-bond donors (Lipinski definition) is 3. The van der Waals surface area contributed by atoms with Crippen LogP contribution in [0.15, 0.2) is 30.5 Å². The highest BCUT2D eigenvalue weighted by Gasteiger charge is 2.12. The lowest BCUT2D eigenvalue weighted by Gasteiger charge is -2.16. The summed E-state index contributed by atoms with van der Waals surface area (Å²) in [4.78, 5) is 10.6. The van der Waals surface area contributed by atoms with Crippen molar-refractivity contribution in [3.63, 3.8) is 0 Å². The predicted octanol–water partition coefficient (Wildman–Crippen LogP) is 1.70. The van der Waals surface area contributed by atoms with E-state index in [0.29, 0.717) is 11.4 Å². The number of benzene rings is 1. The van der Waals surface area contributed by atoms with Crippen molar-refractivity contribution in [1.29, 1.82) is 0 Å². The fourth-order valence-electron chi connectivity index (χ4n) is 1.98.